The predicted molar refractivity (Wildman–Crippen MR) is 79.6 cm³/mol. The van der Waals surface area contributed by atoms with E-state index in [1.165, 1.54) is 0 Å². The summed E-state index contributed by atoms with van der Waals surface area (Å²) in [4.78, 5) is 11.7. The van der Waals surface area contributed by atoms with Crippen LogP contribution in [0.5, 0.6) is 0 Å². The van der Waals surface area contributed by atoms with Crippen molar-refractivity contribution in [1.82, 2.24) is 5.32 Å². The third-order valence-electron chi connectivity index (χ3n) is 2.56. The fourth-order valence-electron chi connectivity index (χ4n) is 1.89. The first-order valence-corrected chi connectivity index (χ1v) is 6.60. The van der Waals surface area contributed by atoms with Gasteiger partial charge in [-0.1, -0.05) is 13.8 Å². The molecule has 0 saturated carbocycles. The lowest BCUT2D eigenvalue weighted by molar-refractivity contribution is -0.128. The number of nitrogens with one attached hydrogen (secondary N) is 1. The zero-order valence-electron chi connectivity index (χ0n) is 12.5. The van der Waals surface area contributed by atoms with Crippen LogP contribution in [0.3, 0.4) is 0 Å². The molecular weight excluding hydrogens is 268 g/mol. The Balaban J connectivity index is 0. The number of amides is 1. The molecule has 0 bridgehead atoms. The van der Waals surface area contributed by atoms with Crippen LogP contribution >= 0.6 is 12.4 Å². The molecule has 0 aliphatic rings. The third-order valence-corrected chi connectivity index (χ3v) is 2.56. The SMILES string of the molecule is CCOCCOCC(=O)NC(C)(CN)CC(C)C.Cl. The van der Waals surface area contributed by atoms with Crippen molar-refractivity contribution in [3.63, 3.8) is 0 Å². The van der Waals surface area contributed by atoms with Crippen molar-refractivity contribution >= 4 is 18.3 Å². The zero-order chi connectivity index (χ0) is 14.0. The van der Waals surface area contributed by atoms with E-state index in [0.717, 1.165) is 6.42 Å². The van der Waals surface area contributed by atoms with E-state index in [2.05, 4.69) is 19.2 Å². The molecule has 1 amide bonds. The second kappa shape index (κ2) is 11.5. The number of hydrogen-bond acceptors (Lipinski definition) is 4. The molecule has 0 aromatic rings. The molecule has 19 heavy (non-hydrogen) atoms. The second-order valence-electron chi connectivity index (χ2n) is 5.16. The zero-order valence-corrected chi connectivity index (χ0v) is 13.3. The lowest BCUT2D eigenvalue weighted by Crippen LogP contribution is -2.53. The number of carbonyl (C=O) groups excluding carboxylic acids is 1. The Morgan fingerprint density at radius 2 is 1.89 bits per heavy atom. The maximum absolute atomic E-state index is 11.7. The standard InChI is InChI=1S/C13H28N2O3.ClH/c1-5-17-6-7-18-9-12(16)15-13(4,10-14)8-11(2)3;/h11H,5-10,14H2,1-4H3,(H,15,16);1H. The van der Waals surface area contributed by atoms with Gasteiger partial charge >= 0.3 is 0 Å². The van der Waals surface area contributed by atoms with Gasteiger partial charge in [0.15, 0.2) is 0 Å². The van der Waals surface area contributed by atoms with E-state index < -0.39 is 0 Å². The van der Waals surface area contributed by atoms with Gasteiger partial charge in [-0.3, -0.25) is 4.79 Å². The summed E-state index contributed by atoms with van der Waals surface area (Å²) in [6.07, 6.45) is 0.855. The lowest BCUT2D eigenvalue weighted by atomic mass is 9.91. The molecule has 0 rings (SSSR count). The van der Waals surface area contributed by atoms with Crippen molar-refractivity contribution in [1.29, 1.82) is 0 Å². The molecule has 6 heteroatoms. The van der Waals surface area contributed by atoms with Gasteiger partial charge < -0.3 is 20.5 Å². The van der Waals surface area contributed by atoms with E-state index in [1.54, 1.807) is 0 Å². The van der Waals surface area contributed by atoms with Crippen molar-refractivity contribution in [2.45, 2.75) is 39.7 Å². The van der Waals surface area contributed by atoms with E-state index >= 15 is 0 Å². The molecule has 1 atom stereocenters. The van der Waals surface area contributed by atoms with Crippen LogP contribution in [0.4, 0.5) is 0 Å². The molecular formula is C13H29ClN2O3. The smallest absolute Gasteiger partial charge is 0.246 e. The fraction of sp³-hybridized carbons (Fsp3) is 0.923. The maximum Gasteiger partial charge on any atom is 0.246 e. The number of carbonyl (C=O) groups is 1. The van der Waals surface area contributed by atoms with E-state index in [0.29, 0.717) is 32.3 Å². The molecule has 0 heterocycles. The number of halogens is 1. The van der Waals surface area contributed by atoms with Crippen LogP contribution in [0.1, 0.15) is 34.1 Å². The highest BCUT2D eigenvalue weighted by Crippen LogP contribution is 2.14. The molecule has 5 nitrogen and oxygen atoms in total. The van der Waals surface area contributed by atoms with Gasteiger partial charge in [-0.15, -0.1) is 12.4 Å². The van der Waals surface area contributed by atoms with Gasteiger partial charge in [0.2, 0.25) is 5.91 Å². The molecule has 0 saturated heterocycles. The van der Waals surface area contributed by atoms with Gasteiger partial charge in [-0.25, -0.2) is 0 Å². The van der Waals surface area contributed by atoms with Crippen LogP contribution < -0.4 is 11.1 Å². The van der Waals surface area contributed by atoms with Crippen molar-refractivity contribution < 1.29 is 14.3 Å². The largest absolute Gasteiger partial charge is 0.379 e. The minimum Gasteiger partial charge on any atom is -0.379 e. The van der Waals surface area contributed by atoms with E-state index in [9.17, 15) is 4.79 Å². The molecule has 0 aliphatic heterocycles. The Kier molecular flexibility index (Phi) is 12.6. The summed E-state index contributed by atoms with van der Waals surface area (Å²) in [5.74, 6) is 0.359. The first kappa shape index (κ1) is 20.9. The molecule has 0 aromatic carbocycles. The molecule has 0 radical (unpaired) electrons. The Bertz CT molecular complexity index is 240. The average molecular weight is 297 g/mol. The molecule has 1 unspecified atom stereocenters. The van der Waals surface area contributed by atoms with E-state index in [-0.39, 0.29) is 30.5 Å². The third kappa shape index (κ3) is 11.2. The van der Waals surface area contributed by atoms with Gasteiger partial charge in [0.1, 0.15) is 6.61 Å². The topological polar surface area (TPSA) is 73.6 Å². The van der Waals surface area contributed by atoms with Gasteiger partial charge in [0, 0.05) is 18.7 Å². The van der Waals surface area contributed by atoms with Crippen LogP contribution in [-0.4, -0.2) is 44.4 Å². The van der Waals surface area contributed by atoms with Crippen molar-refractivity contribution in [3.8, 4) is 0 Å². The Hall–Kier alpha value is -0.360. The first-order valence-electron chi connectivity index (χ1n) is 6.60. The summed E-state index contributed by atoms with van der Waals surface area (Å²) >= 11 is 0. The van der Waals surface area contributed by atoms with Crippen LogP contribution in [0.25, 0.3) is 0 Å². The van der Waals surface area contributed by atoms with Crippen molar-refractivity contribution in [2.75, 3.05) is 33.0 Å². The van der Waals surface area contributed by atoms with Crippen LogP contribution in [0.2, 0.25) is 0 Å². The Labute approximate surface area is 123 Å². The van der Waals surface area contributed by atoms with Crippen LogP contribution in [0, 0.1) is 5.92 Å². The minimum atomic E-state index is -0.353. The normalized spacial score (nSPS) is 13.8. The van der Waals surface area contributed by atoms with Gasteiger partial charge in [-0.05, 0) is 26.2 Å². The summed E-state index contributed by atoms with van der Waals surface area (Å²) in [7, 11) is 0. The summed E-state index contributed by atoms with van der Waals surface area (Å²) < 4.78 is 10.3. The molecule has 0 aliphatic carbocycles. The lowest BCUT2D eigenvalue weighted by Gasteiger charge is -2.31. The van der Waals surface area contributed by atoms with Crippen molar-refractivity contribution in [2.24, 2.45) is 11.7 Å². The first-order chi connectivity index (χ1) is 8.43. The Morgan fingerprint density at radius 1 is 1.32 bits per heavy atom. The predicted octanol–water partition coefficient (Wildman–Crippen LogP) is 1.34. The van der Waals surface area contributed by atoms with E-state index in [1.807, 2.05) is 13.8 Å². The van der Waals surface area contributed by atoms with E-state index in [4.69, 9.17) is 15.2 Å². The van der Waals surface area contributed by atoms with Gasteiger partial charge in [0.25, 0.3) is 0 Å². The number of rotatable bonds is 10. The van der Waals surface area contributed by atoms with Crippen LogP contribution in [-0.2, 0) is 14.3 Å². The number of hydrogen-bond donors (Lipinski definition) is 2. The van der Waals surface area contributed by atoms with Gasteiger partial charge in [-0.2, -0.15) is 0 Å². The second-order valence-corrected chi connectivity index (χ2v) is 5.16. The monoisotopic (exact) mass is 296 g/mol. The Morgan fingerprint density at radius 3 is 2.37 bits per heavy atom. The molecule has 116 valence electrons. The van der Waals surface area contributed by atoms with Crippen molar-refractivity contribution in [3.05, 3.63) is 0 Å². The quantitative estimate of drug-likeness (QED) is 0.597. The molecule has 0 fully saturated rings. The summed E-state index contributed by atoms with van der Waals surface area (Å²) in [6.45, 7) is 10.2. The van der Waals surface area contributed by atoms with Gasteiger partial charge in [0.05, 0.1) is 13.2 Å². The maximum atomic E-state index is 11.7. The molecule has 3 N–H and O–H groups in total. The number of ether oxygens (including phenoxy) is 2. The summed E-state index contributed by atoms with van der Waals surface area (Å²) in [5.41, 5.74) is 5.37. The molecule has 0 spiro atoms. The highest BCUT2D eigenvalue weighted by Gasteiger charge is 2.25. The highest BCUT2D eigenvalue weighted by atomic mass is 35.5. The minimum absolute atomic E-state index is 0. The molecule has 0 aromatic heterocycles. The average Bonchev–Trinajstić information content (AvgIpc) is 2.27. The highest BCUT2D eigenvalue weighted by molar-refractivity contribution is 5.85. The number of nitrogens with two attached hydrogens (primary N) is 1. The summed E-state index contributed by atoms with van der Waals surface area (Å²) in [6, 6.07) is 0. The summed E-state index contributed by atoms with van der Waals surface area (Å²) in [5, 5.41) is 2.94. The van der Waals surface area contributed by atoms with Crippen LogP contribution in [0.15, 0.2) is 0 Å². The fourth-order valence-corrected chi connectivity index (χ4v) is 1.89.